The third-order valence-electron chi connectivity index (χ3n) is 9.98. The maximum Gasteiger partial charge on any atom is 0.190 e. The van der Waals surface area contributed by atoms with Crippen LogP contribution in [0.5, 0.6) is 0 Å². The van der Waals surface area contributed by atoms with E-state index in [9.17, 15) is 9.59 Å². The lowest BCUT2D eigenvalue weighted by molar-refractivity contribution is 0.0983. The SMILES string of the molecule is CC(C)=CCCC(C)=CCCC(C)=CCCC(C)=CCCC(C)=CCCC(C)=CCCC(C)=CCCC(C)=CCC1=CC(=O)c2ccccc2C1=O. The molecule has 0 amide bonds. The third kappa shape index (κ3) is 19.2. The Labute approximate surface area is 319 Å². The molecule has 0 saturated carbocycles. The van der Waals surface area contributed by atoms with E-state index in [4.69, 9.17) is 0 Å². The highest BCUT2D eigenvalue weighted by Crippen LogP contribution is 2.24. The zero-order valence-corrected chi connectivity index (χ0v) is 34.4. The summed E-state index contributed by atoms with van der Waals surface area (Å²) in [4.78, 5) is 25.2. The van der Waals surface area contributed by atoms with Crippen LogP contribution in [0.15, 0.2) is 129 Å². The molecule has 0 heterocycles. The zero-order valence-electron chi connectivity index (χ0n) is 34.4. The Morgan fingerprint density at radius 3 is 1.08 bits per heavy atom. The smallest absolute Gasteiger partial charge is 0.190 e. The number of fused-ring (bicyclic) bond motifs is 1. The van der Waals surface area contributed by atoms with Crippen molar-refractivity contribution in [1.82, 2.24) is 0 Å². The van der Waals surface area contributed by atoms with Crippen molar-refractivity contribution in [2.75, 3.05) is 0 Å². The molecule has 1 aliphatic rings. The molecule has 1 aliphatic carbocycles. The molecule has 52 heavy (non-hydrogen) atoms. The summed E-state index contributed by atoms with van der Waals surface area (Å²) >= 11 is 0. The van der Waals surface area contributed by atoms with Crippen LogP contribution in [0.4, 0.5) is 0 Å². The van der Waals surface area contributed by atoms with E-state index in [0.717, 1.165) is 77.0 Å². The van der Waals surface area contributed by atoms with Gasteiger partial charge in [0, 0.05) is 16.7 Å². The quantitative estimate of drug-likeness (QED) is 0.106. The van der Waals surface area contributed by atoms with Gasteiger partial charge in [0.25, 0.3) is 0 Å². The number of rotatable bonds is 23. The number of hydrogen-bond acceptors (Lipinski definition) is 2. The van der Waals surface area contributed by atoms with E-state index in [-0.39, 0.29) is 11.6 Å². The van der Waals surface area contributed by atoms with E-state index < -0.39 is 0 Å². The summed E-state index contributed by atoms with van der Waals surface area (Å²) in [5.74, 6) is -0.0940. The van der Waals surface area contributed by atoms with Crippen LogP contribution in [0.2, 0.25) is 0 Å². The Kier molecular flexibility index (Phi) is 21.5. The summed E-state index contributed by atoms with van der Waals surface area (Å²) in [5, 5.41) is 0. The van der Waals surface area contributed by atoms with Gasteiger partial charge in [-0.05, 0) is 165 Å². The lowest BCUT2D eigenvalue weighted by atomic mass is 9.88. The topological polar surface area (TPSA) is 34.1 Å². The average Bonchev–Trinajstić information content (AvgIpc) is 3.09. The van der Waals surface area contributed by atoms with Crippen molar-refractivity contribution in [1.29, 1.82) is 0 Å². The van der Waals surface area contributed by atoms with Crippen molar-refractivity contribution in [3.8, 4) is 0 Å². The van der Waals surface area contributed by atoms with Gasteiger partial charge in [-0.3, -0.25) is 9.59 Å². The second-order valence-corrected chi connectivity index (χ2v) is 15.5. The average molecular weight is 703 g/mol. The molecule has 2 heteroatoms. The lowest BCUT2D eigenvalue weighted by Crippen LogP contribution is -2.16. The van der Waals surface area contributed by atoms with Gasteiger partial charge in [0.15, 0.2) is 11.6 Å². The molecule has 0 bridgehead atoms. The molecule has 1 aromatic rings. The third-order valence-corrected chi connectivity index (χ3v) is 9.98. The van der Waals surface area contributed by atoms with Crippen LogP contribution in [-0.4, -0.2) is 11.6 Å². The van der Waals surface area contributed by atoms with Crippen molar-refractivity contribution in [2.24, 2.45) is 0 Å². The second-order valence-electron chi connectivity index (χ2n) is 15.5. The van der Waals surface area contributed by atoms with E-state index in [0.29, 0.717) is 23.1 Å². The van der Waals surface area contributed by atoms with E-state index in [1.54, 1.807) is 18.2 Å². The van der Waals surface area contributed by atoms with Gasteiger partial charge in [0.05, 0.1) is 0 Å². The summed E-state index contributed by atoms with van der Waals surface area (Å²) < 4.78 is 0. The summed E-state index contributed by atoms with van der Waals surface area (Å²) in [7, 11) is 0. The Morgan fingerprint density at radius 2 is 0.731 bits per heavy atom. The van der Waals surface area contributed by atoms with Crippen LogP contribution >= 0.6 is 0 Å². The fourth-order valence-corrected chi connectivity index (χ4v) is 6.39. The molecule has 0 aromatic heterocycles. The molecule has 282 valence electrons. The van der Waals surface area contributed by atoms with Crippen LogP contribution < -0.4 is 0 Å². The van der Waals surface area contributed by atoms with Gasteiger partial charge in [-0.15, -0.1) is 0 Å². The molecule has 0 atom stereocenters. The first-order valence-corrected chi connectivity index (χ1v) is 20.0. The summed E-state index contributed by atoms with van der Waals surface area (Å²) in [6.07, 6.45) is 36.6. The molecular weight excluding hydrogens is 633 g/mol. The highest BCUT2D eigenvalue weighted by Gasteiger charge is 2.24. The summed E-state index contributed by atoms with van der Waals surface area (Å²) in [5.41, 5.74) is 13.2. The predicted molar refractivity (Wildman–Crippen MR) is 228 cm³/mol. The van der Waals surface area contributed by atoms with Crippen molar-refractivity contribution >= 4 is 11.6 Å². The number of allylic oxidation sites excluding steroid dienone is 18. The van der Waals surface area contributed by atoms with Crippen molar-refractivity contribution in [3.05, 3.63) is 140 Å². The van der Waals surface area contributed by atoms with Gasteiger partial charge >= 0.3 is 0 Å². The maximum absolute atomic E-state index is 12.8. The van der Waals surface area contributed by atoms with Crippen molar-refractivity contribution < 1.29 is 9.59 Å². The normalized spacial score (nSPS) is 15.2. The fourth-order valence-electron chi connectivity index (χ4n) is 6.39. The molecule has 0 aliphatic heterocycles. The van der Waals surface area contributed by atoms with E-state index >= 15 is 0 Å². The summed E-state index contributed by atoms with van der Waals surface area (Å²) in [6, 6.07) is 7.10. The second kappa shape index (κ2) is 25.2. The molecule has 0 spiro atoms. The van der Waals surface area contributed by atoms with Gasteiger partial charge in [0.2, 0.25) is 0 Å². The molecule has 0 N–H and O–H groups in total. The minimum Gasteiger partial charge on any atom is -0.289 e. The predicted octanol–water partition coefficient (Wildman–Crippen LogP) is 15.4. The Bertz CT molecular complexity index is 1600. The van der Waals surface area contributed by atoms with Crippen LogP contribution in [0.3, 0.4) is 0 Å². The molecule has 0 fully saturated rings. The maximum atomic E-state index is 12.8. The Morgan fingerprint density at radius 1 is 0.423 bits per heavy atom. The standard InChI is InChI=1S/C50H70O2/c1-38(2)19-12-20-39(3)21-13-22-40(4)23-14-24-41(5)25-15-26-42(6)27-16-28-43(7)29-17-30-44(8)31-18-32-45(9)35-36-46-37-49(51)47-33-10-11-34-48(47)50(46)52/h10-11,19,21,23,25,27,29,31,33-35,37H,12-18,20,22,24,26,28,30,32,36H2,1-9H3. The van der Waals surface area contributed by atoms with E-state index in [2.05, 4.69) is 111 Å². The van der Waals surface area contributed by atoms with Gasteiger partial charge in [-0.2, -0.15) is 0 Å². The largest absolute Gasteiger partial charge is 0.289 e. The molecular formula is C50H70O2. The number of ketones is 2. The number of carbonyl (C=O) groups excluding carboxylic acids is 2. The Balaban J connectivity index is 1.60. The summed E-state index contributed by atoms with van der Waals surface area (Å²) in [6.45, 7) is 20.1. The number of carbonyl (C=O) groups is 2. The lowest BCUT2D eigenvalue weighted by Gasteiger charge is -2.14. The zero-order chi connectivity index (χ0) is 38.3. The number of hydrogen-bond donors (Lipinski definition) is 0. The molecule has 0 unspecified atom stereocenters. The number of Topliss-reactive ketones (excluding diaryl/α,β-unsaturated/α-hetero) is 1. The first kappa shape index (κ1) is 44.4. The highest BCUT2D eigenvalue weighted by atomic mass is 16.1. The monoisotopic (exact) mass is 703 g/mol. The minimum absolute atomic E-state index is 0.0247. The van der Waals surface area contributed by atoms with Gasteiger partial charge in [-0.25, -0.2) is 0 Å². The molecule has 0 radical (unpaired) electrons. The van der Waals surface area contributed by atoms with Crippen LogP contribution in [-0.2, 0) is 0 Å². The van der Waals surface area contributed by atoms with Gasteiger partial charge < -0.3 is 0 Å². The molecule has 0 saturated heterocycles. The van der Waals surface area contributed by atoms with Crippen LogP contribution in [0, 0.1) is 0 Å². The van der Waals surface area contributed by atoms with Crippen molar-refractivity contribution in [3.63, 3.8) is 0 Å². The van der Waals surface area contributed by atoms with E-state index in [1.807, 2.05) is 6.07 Å². The first-order chi connectivity index (χ1) is 24.8. The fraction of sp³-hybridized carbons (Fsp3) is 0.480. The molecule has 1 aromatic carbocycles. The molecule has 2 nitrogen and oxygen atoms in total. The van der Waals surface area contributed by atoms with Gasteiger partial charge in [-0.1, -0.05) is 117 Å². The Hall–Kier alpha value is -3.78. The van der Waals surface area contributed by atoms with Crippen LogP contribution in [0.25, 0.3) is 0 Å². The molecule has 2 rings (SSSR count). The van der Waals surface area contributed by atoms with Crippen molar-refractivity contribution in [2.45, 2.75) is 159 Å². The minimum atomic E-state index is -0.0693. The van der Waals surface area contributed by atoms with Gasteiger partial charge in [0.1, 0.15) is 0 Å². The van der Waals surface area contributed by atoms with Crippen LogP contribution in [0.1, 0.15) is 179 Å². The first-order valence-electron chi connectivity index (χ1n) is 20.0. The number of benzene rings is 1. The van der Waals surface area contributed by atoms with E-state index in [1.165, 1.54) is 63.5 Å². The highest BCUT2D eigenvalue weighted by molar-refractivity contribution is 6.24.